The molecule has 0 unspecified atom stereocenters. The molecule has 0 aromatic heterocycles. The minimum absolute atomic E-state index is 0.0422. The fourth-order valence-corrected chi connectivity index (χ4v) is 7.32. The van der Waals surface area contributed by atoms with Crippen molar-refractivity contribution >= 4 is 38.8 Å². The lowest BCUT2D eigenvalue weighted by molar-refractivity contribution is -0.463. The lowest BCUT2D eigenvalue weighted by Gasteiger charge is -2.57. The van der Waals surface area contributed by atoms with Crippen LogP contribution in [0.2, 0.25) is 5.04 Å². The summed E-state index contributed by atoms with van der Waals surface area (Å²) < 4.78 is 32.8. The number of ether oxygens (including phenoxy) is 4. The molecule has 5 atom stereocenters. The molecule has 0 aliphatic carbocycles. The molecular weight excluding hydrogens is 621 g/mol. The molecule has 1 saturated heterocycles. The van der Waals surface area contributed by atoms with E-state index in [4.69, 9.17) is 23.4 Å². The van der Waals surface area contributed by atoms with Gasteiger partial charge in [-0.25, -0.2) is 0 Å². The topological polar surface area (TPSA) is 108 Å². The molecule has 0 bridgehead atoms. The van der Waals surface area contributed by atoms with Crippen LogP contribution in [0.5, 0.6) is 0 Å². The second-order valence-corrected chi connectivity index (χ2v) is 15.8. The number of hydrogen-bond donors (Lipinski definition) is 3. The number of anilines is 2. The van der Waals surface area contributed by atoms with Gasteiger partial charge in [0.2, 0.25) is 27.2 Å². The molecule has 5 rings (SSSR count). The van der Waals surface area contributed by atoms with Crippen molar-refractivity contribution in [2.75, 3.05) is 37.2 Å². The van der Waals surface area contributed by atoms with Crippen molar-refractivity contribution in [2.24, 2.45) is 0 Å². The average molecular weight is 665 g/mol. The first-order chi connectivity index (χ1) is 21.8. The van der Waals surface area contributed by atoms with Gasteiger partial charge >= 0.3 is 0 Å². The van der Waals surface area contributed by atoms with Crippen molar-refractivity contribution in [1.82, 2.24) is 0 Å². The molecule has 46 heavy (non-hydrogen) atoms. The van der Waals surface area contributed by atoms with Gasteiger partial charge in [0.1, 0.15) is 23.9 Å². The second-order valence-electron chi connectivity index (χ2n) is 12.8. The van der Waals surface area contributed by atoms with Crippen LogP contribution in [-0.2, 0) is 33.8 Å². The molecule has 246 valence electrons. The summed E-state index contributed by atoms with van der Waals surface area (Å²) in [6.45, 7) is 10.0. The zero-order valence-corrected chi connectivity index (χ0v) is 29.3. The van der Waals surface area contributed by atoms with E-state index in [2.05, 4.69) is 31.4 Å². The predicted molar refractivity (Wildman–Crippen MR) is 181 cm³/mol. The monoisotopic (exact) mass is 664 g/mol. The van der Waals surface area contributed by atoms with Crippen LogP contribution in [-0.4, -0.2) is 77.2 Å². The molecule has 2 heterocycles. The smallest absolute Gasteiger partial charge is 0.237 e. The Bertz CT molecular complexity index is 1450. The lowest BCUT2D eigenvalue weighted by Crippen LogP contribution is -2.71. The zero-order chi connectivity index (χ0) is 33.2. The van der Waals surface area contributed by atoms with Gasteiger partial charge in [-0.3, -0.25) is 4.79 Å². The van der Waals surface area contributed by atoms with E-state index in [1.165, 1.54) is 18.9 Å². The first kappa shape index (κ1) is 34.6. The number of hydrogen-bond acceptors (Lipinski definition) is 9. The molecule has 2 radical (unpaired) electrons. The van der Waals surface area contributed by atoms with Crippen molar-refractivity contribution in [1.29, 1.82) is 0 Å². The molecule has 11 heteroatoms. The number of aliphatic hydroxyl groups is 1. The molecule has 0 saturated carbocycles. The minimum atomic E-state index is -1.39. The maximum Gasteiger partial charge on any atom is 0.237 e. The Labute approximate surface area is 278 Å². The predicted octanol–water partition coefficient (Wildman–Crippen LogP) is 5.81. The van der Waals surface area contributed by atoms with Crippen LogP contribution in [0.1, 0.15) is 45.7 Å². The van der Waals surface area contributed by atoms with Gasteiger partial charge in [0.05, 0.1) is 11.4 Å². The van der Waals surface area contributed by atoms with Gasteiger partial charge in [-0.2, -0.15) is 0 Å². The van der Waals surface area contributed by atoms with E-state index >= 15 is 0 Å². The fraction of sp³-hybridized carbons (Fsp3) is 0.457. The third-order valence-corrected chi connectivity index (χ3v) is 10.6. The third-order valence-electron chi connectivity index (χ3n) is 8.45. The normalized spacial score (nSPS) is 25.8. The summed E-state index contributed by atoms with van der Waals surface area (Å²) in [5, 5.41) is 18.1. The highest BCUT2D eigenvalue weighted by Gasteiger charge is 2.63. The van der Waals surface area contributed by atoms with E-state index < -0.39 is 35.5 Å². The number of fused-ring (bicyclic) bond motifs is 1. The number of aliphatic hydroxyl groups excluding tert-OH is 1. The number of amides is 1. The van der Waals surface area contributed by atoms with E-state index in [0.29, 0.717) is 5.75 Å². The Morgan fingerprint density at radius 1 is 0.978 bits per heavy atom. The summed E-state index contributed by atoms with van der Waals surface area (Å²) in [5.74, 6) is -2.42. The number of methoxy groups -OCH3 is 2. The van der Waals surface area contributed by atoms with E-state index in [1.54, 1.807) is 21.0 Å². The Morgan fingerprint density at radius 3 is 2.13 bits per heavy atom. The highest BCUT2D eigenvalue weighted by Crippen LogP contribution is 2.50. The first-order valence-electron chi connectivity index (χ1n) is 15.3. The Kier molecular flexibility index (Phi) is 10.4. The highest BCUT2D eigenvalue weighted by atomic mass is 32.2. The molecule has 1 fully saturated rings. The zero-order valence-electron chi connectivity index (χ0n) is 27.5. The number of nitrogens with one attached hydrogen (secondary N) is 2. The average Bonchev–Trinajstić information content (AvgIpc) is 3.05. The largest absolute Gasteiger partial charge is 0.401 e. The number of carbonyl (C=O) groups is 1. The van der Waals surface area contributed by atoms with Crippen LogP contribution in [0.3, 0.4) is 0 Å². The molecule has 3 aromatic rings. The fourth-order valence-electron chi connectivity index (χ4n) is 5.71. The number of benzene rings is 3. The van der Waals surface area contributed by atoms with E-state index in [-0.39, 0.29) is 27.3 Å². The first-order valence-corrected chi connectivity index (χ1v) is 17.2. The van der Waals surface area contributed by atoms with Gasteiger partial charge in [0, 0.05) is 31.3 Å². The van der Waals surface area contributed by atoms with Gasteiger partial charge in [-0.15, -0.1) is 11.8 Å². The molecule has 0 spiro atoms. The molecule has 9 nitrogen and oxygen atoms in total. The van der Waals surface area contributed by atoms with Crippen molar-refractivity contribution in [3.63, 3.8) is 0 Å². The van der Waals surface area contributed by atoms with Gasteiger partial charge in [0.15, 0.2) is 0 Å². The lowest BCUT2D eigenvalue weighted by atomic mass is 9.77. The highest BCUT2D eigenvalue weighted by molar-refractivity contribution is 8.00. The quantitative estimate of drug-likeness (QED) is 0.219. The van der Waals surface area contributed by atoms with Crippen LogP contribution < -0.4 is 10.6 Å². The van der Waals surface area contributed by atoms with E-state index in [0.717, 1.165) is 27.4 Å². The molecule has 2 aliphatic heterocycles. The molecule has 2 aliphatic rings. The van der Waals surface area contributed by atoms with Crippen molar-refractivity contribution in [3.8, 4) is 0 Å². The second kappa shape index (κ2) is 13.8. The molecule has 1 amide bonds. The SMILES string of the molecule is CO[C@@]1(C)O[C@H]([C@@H](O)CNc2ccc3c(c2)NC(=O)CS3)[C@H](C(O[Si]C(C)(C)C)(c2ccccc2)c2ccccc2)O[C@]1(C)OC. The summed E-state index contributed by atoms with van der Waals surface area (Å²) in [4.78, 5) is 13.0. The number of carbonyl (C=O) groups excluding carboxylic acids is 1. The van der Waals surface area contributed by atoms with Crippen LogP contribution in [0, 0.1) is 0 Å². The maximum atomic E-state index is 12.1. The van der Waals surface area contributed by atoms with E-state index in [9.17, 15) is 9.90 Å². The summed E-state index contributed by atoms with van der Waals surface area (Å²) >= 11 is 1.50. The van der Waals surface area contributed by atoms with Gasteiger partial charge < -0.3 is 39.1 Å². The summed E-state index contributed by atoms with van der Waals surface area (Å²) in [6.07, 6.45) is -2.97. The molecular formula is C35H44N2O7SSi. The number of rotatable bonds is 11. The van der Waals surface area contributed by atoms with Crippen molar-refractivity contribution < 1.29 is 33.3 Å². The maximum absolute atomic E-state index is 12.1. The Morgan fingerprint density at radius 2 is 1.57 bits per heavy atom. The van der Waals surface area contributed by atoms with Gasteiger partial charge in [-0.05, 0) is 48.2 Å². The van der Waals surface area contributed by atoms with E-state index in [1.807, 2.05) is 78.9 Å². The standard InChI is InChI=1S/C35H44N2O7SSi/c1-32(2,3)46-44-35(23-14-10-8-11-15-23,24-16-12-9-13-17-24)31-30(42-33(4,40-6)34(5,41-7)43-31)27(38)21-36-25-18-19-28-26(20-25)37-29(39)22-45-28/h8-20,27,30-31,36,38H,21-22H2,1-7H3,(H,37,39)/t27-,30+,31+,33-,34-/m0/s1. The van der Waals surface area contributed by atoms with Crippen molar-refractivity contribution in [3.05, 3.63) is 90.0 Å². The summed E-state index contributed by atoms with van der Waals surface area (Å²) in [7, 11) is 3.14. The summed E-state index contributed by atoms with van der Waals surface area (Å²) in [6, 6.07) is 25.6. The Balaban J connectivity index is 1.60. The third kappa shape index (κ3) is 6.93. The molecule has 3 N–H and O–H groups in total. The Hall–Kier alpha value is -2.74. The van der Waals surface area contributed by atoms with Crippen LogP contribution in [0.4, 0.5) is 11.4 Å². The number of thioether (sulfide) groups is 1. The summed E-state index contributed by atoms with van der Waals surface area (Å²) in [5.41, 5.74) is 1.95. The minimum Gasteiger partial charge on any atom is -0.401 e. The van der Waals surface area contributed by atoms with Crippen LogP contribution >= 0.6 is 11.8 Å². The molecule has 3 aromatic carbocycles. The van der Waals surface area contributed by atoms with Gasteiger partial charge in [0.25, 0.3) is 0 Å². The van der Waals surface area contributed by atoms with Crippen LogP contribution in [0.25, 0.3) is 0 Å². The van der Waals surface area contributed by atoms with Crippen molar-refractivity contribution in [2.45, 2.75) is 80.0 Å². The van der Waals surface area contributed by atoms with Gasteiger partial charge in [-0.1, -0.05) is 81.4 Å². The van der Waals surface area contributed by atoms with Crippen LogP contribution in [0.15, 0.2) is 83.8 Å².